The van der Waals surface area contributed by atoms with Gasteiger partial charge in [0.05, 0.1) is 18.6 Å². The number of aryl methyl sites for hydroxylation is 2. The zero-order valence-corrected chi connectivity index (χ0v) is 14.6. The summed E-state index contributed by atoms with van der Waals surface area (Å²) in [6, 6.07) is 5.40. The fourth-order valence-electron chi connectivity index (χ4n) is 1.83. The first kappa shape index (κ1) is 18.6. The minimum Gasteiger partial charge on any atom is -0.273 e. The third kappa shape index (κ3) is 5.39. The summed E-state index contributed by atoms with van der Waals surface area (Å²) in [6.45, 7) is 3.03. The van der Waals surface area contributed by atoms with Gasteiger partial charge in [0.25, 0.3) is 0 Å². The molecule has 1 N–H and O–H groups in total. The average molecular weight is 348 g/mol. The second kappa shape index (κ2) is 6.76. The van der Waals surface area contributed by atoms with Crippen molar-refractivity contribution in [2.75, 3.05) is 19.8 Å². The van der Waals surface area contributed by atoms with E-state index in [-0.39, 0.29) is 5.75 Å². The predicted molar refractivity (Wildman–Crippen MR) is 84.2 cm³/mol. The summed E-state index contributed by atoms with van der Waals surface area (Å²) in [4.78, 5) is 11.7. The zero-order valence-electron chi connectivity index (χ0n) is 13.0. The van der Waals surface area contributed by atoms with Crippen LogP contribution in [0.1, 0.15) is 16.7 Å². The summed E-state index contributed by atoms with van der Waals surface area (Å²) in [7, 11) is -6.24. The predicted octanol–water partition coefficient (Wildman–Crippen LogP) is 0.141. The van der Waals surface area contributed by atoms with E-state index in [2.05, 4.69) is 0 Å². The van der Waals surface area contributed by atoms with E-state index in [4.69, 9.17) is 0 Å². The molecule has 0 bridgehead atoms. The fraction of sp³-hybridized carbons (Fsp3) is 0.462. The molecule has 1 amide bonds. The third-order valence-corrected chi connectivity index (χ3v) is 5.65. The van der Waals surface area contributed by atoms with Crippen LogP contribution in [0.15, 0.2) is 18.2 Å². The van der Waals surface area contributed by atoms with Crippen molar-refractivity contribution >= 4 is 26.0 Å². The normalized spacial score (nSPS) is 12.4. The summed E-state index contributed by atoms with van der Waals surface area (Å²) >= 11 is 0. The summed E-state index contributed by atoms with van der Waals surface area (Å²) in [5.41, 5.74) is 2.25. The minimum atomic E-state index is -3.89. The molecule has 0 aliphatic carbocycles. The SMILES string of the molecule is Cc1cccc(C)c1CS(=O)(=O)NC(=O)CN(C)S(C)(=O)=O. The number of benzene rings is 1. The maximum Gasteiger partial charge on any atom is 0.248 e. The molecule has 0 atom stereocenters. The summed E-state index contributed by atoms with van der Waals surface area (Å²) in [5.74, 6) is -1.22. The van der Waals surface area contributed by atoms with Crippen molar-refractivity contribution in [3.8, 4) is 0 Å². The summed E-state index contributed by atoms with van der Waals surface area (Å²) in [6.07, 6.45) is 0.936. The first-order valence-corrected chi connectivity index (χ1v) is 9.92. The number of hydrogen-bond acceptors (Lipinski definition) is 5. The molecular weight excluding hydrogens is 328 g/mol. The lowest BCUT2D eigenvalue weighted by Gasteiger charge is -2.15. The first-order valence-electron chi connectivity index (χ1n) is 6.42. The van der Waals surface area contributed by atoms with Crippen molar-refractivity contribution in [2.24, 2.45) is 0 Å². The Morgan fingerprint density at radius 1 is 1.14 bits per heavy atom. The Balaban J connectivity index is 2.82. The molecule has 0 aliphatic heterocycles. The van der Waals surface area contributed by atoms with Crippen LogP contribution in [-0.4, -0.2) is 46.9 Å². The second-order valence-corrected chi connectivity index (χ2v) is 8.99. The van der Waals surface area contributed by atoms with Gasteiger partial charge in [-0.25, -0.2) is 16.8 Å². The van der Waals surface area contributed by atoms with E-state index in [0.29, 0.717) is 5.56 Å². The Kier molecular flexibility index (Phi) is 5.71. The van der Waals surface area contributed by atoms with Gasteiger partial charge >= 0.3 is 0 Å². The number of hydrogen-bond donors (Lipinski definition) is 1. The topological polar surface area (TPSA) is 101 Å². The van der Waals surface area contributed by atoms with E-state index in [0.717, 1.165) is 21.7 Å². The fourth-order valence-corrected chi connectivity index (χ4v) is 3.50. The smallest absolute Gasteiger partial charge is 0.248 e. The lowest BCUT2D eigenvalue weighted by molar-refractivity contribution is -0.119. The van der Waals surface area contributed by atoms with Crippen molar-refractivity contribution in [3.05, 3.63) is 34.9 Å². The highest BCUT2D eigenvalue weighted by Crippen LogP contribution is 2.16. The van der Waals surface area contributed by atoms with Gasteiger partial charge in [-0.05, 0) is 30.5 Å². The first-order chi connectivity index (χ1) is 9.92. The van der Waals surface area contributed by atoms with E-state index in [9.17, 15) is 21.6 Å². The van der Waals surface area contributed by atoms with Gasteiger partial charge in [0.1, 0.15) is 0 Å². The molecule has 0 radical (unpaired) electrons. The van der Waals surface area contributed by atoms with Crippen LogP contribution >= 0.6 is 0 Å². The number of nitrogens with one attached hydrogen (secondary N) is 1. The molecule has 1 aromatic carbocycles. The Morgan fingerprint density at radius 3 is 2.09 bits per heavy atom. The number of nitrogens with zero attached hydrogens (tertiary/aromatic N) is 1. The van der Waals surface area contributed by atoms with Crippen LogP contribution in [-0.2, 0) is 30.6 Å². The van der Waals surface area contributed by atoms with E-state index in [1.807, 2.05) is 10.8 Å². The number of carbonyl (C=O) groups is 1. The molecule has 0 fully saturated rings. The Hall–Kier alpha value is -1.45. The van der Waals surface area contributed by atoms with Crippen molar-refractivity contribution in [1.29, 1.82) is 0 Å². The van der Waals surface area contributed by atoms with E-state index >= 15 is 0 Å². The molecule has 0 saturated heterocycles. The lowest BCUT2D eigenvalue weighted by atomic mass is 10.1. The van der Waals surface area contributed by atoms with Crippen LogP contribution in [0, 0.1) is 13.8 Å². The van der Waals surface area contributed by atoms with Gasteiger partial charge in [0, 0.05) is 7.05 Å². The molecule has 0 saturated carbocycles. The average Bonchev–Trinajstić information content (AvgIpc) is 2.32. The maximum absolute atomic E-state index is 12.0. The standard InChI is InChI=1S/C13H20N2O5S2/c1-10-6-5-7-11(2)12(10)9-22(19,20)14-13(16)8-15(3)21(4,17)18/h5-7H,8-9H2,1-4H3,(H,14,16). The van der Waals surface area contributed by atoms with E-state index in [1.165, 1.54) is 7.05 Å². The molecule has 0 spiro atoms. The van der Waals surface area contributed by atoms with Gasteiger partial charge in [-0.2, -0.15) is 4.31 Å². The van der Waals surface area contributed by atoms with Crippen molar-refractivity contribution in [2.45, 2.75) is 19.6 Å². The lowest BCUT2D eigenvalue weighted by Crippen LogP contribution is -2.40. The van der Waals surface area contributed by atoms with Gasteiger partial charge in [-0.3, -0.25) is 9.52 Å². The molecule has 22 heavy (non-hydrogen) atoms. The molecule has 1 aromatic rings. The molecule has 0 heterocycles. The Morgan fingerprint density at radius 2 is 1.64 bits per heavy atom. The maximum atomic E-state index is 12.0. The van der Waals surface area contributed by atoms with Crippen LogP contribution in [0.2, 0.25) is 0 Å². The minimum absolute atomic E-state index is 0.333. The number of amides is 1. The molecular formula is C13H20N2O5S2. The highest BCUT2D eigenvalue weighted by molar-refractivity contribution is 7.89. The zero-order chi connectivity index (χ0) is 17.1. The van der Waals surface area contributed by atoms with Crippen LogP contribution in [0.3, 0.4) is 0 Å². The molecule has 0 aromatic heterocycles. The van der Waals surface area contributed by atoms with Crippen molar-refractivity contribution < 1.29 is 21.6 Å². The van der Waals surface area contributed by atoms with Crippen LogP contribution < -0.4 is 4.72 Å². The highest BCUT2D eigenvalue weighted by Gasteiger charge is 2.21. The number of likely N-dealkylation sites (N-methyl/N-ethyl adjacent to an activating group) is 1. The second-order valence-electron chi connectivity index (χ2n) is 5.17. The summed E-state index contributed by atoms with van der Waals surface area (Å²) < 4.78 is 49.2. The van der Waals surface area contributed by atoms with Crippen molar-refractivity contribution in [3.63, 3.8) is 0 Å². The number of carbonyl (C=O) groups excluding carboxylic acids is 1. The molecule has 1 rings (SSSR count). The Labute approximate surface area is 131 Å². The highest BCUT2D eigenvalue weighted by atomic mass is 32.2. The molecule has 7 nitrogen and oxygen atoms in total. The van der Waals surface area contributed by atoms with Crippen LogP contribution in [0.4, 0.5) is 0 Å². The van der Waals surface area contributed by atoms with Crippen LogP contribution in [0.5, 0.6) is 0 Å². The van der Waals surface area contributed by atoms with Gasteiger partial charge in [0.2, 0.25) is 26.0 Å². The van der Waals surface area contributed by atoms with E-state index < -0.39 is 32.5 Å². The van der Waals surface area contributed by atoms with Crippen LogP contribution in [0.25, 0.3) is 0 Å². The third-order valence-electron chi connectivity index (χ3n) is 3.18. The number of rotatable bonds is 6. The van der Waals surface area contributed by atoms with Gasteiger partial charge in [-0.15, -0.1) is 0 Å². The summed E-state index contributed by atoms with van der Waals surface area (Å²) in [5, 5.41) is 0. The van der Waals surface area contributed by atoms with Gasteiger partial charge < -0.3 is 0 Å². The molecule has 9 heteroatoms. The molecule has 0 unspecified atom stereocenters. The quantitative estimate of drug-likeness (QED) is 0.788. The number of sulfonamides is 2. The van der Waals surface area contributed by atoms with E-state index in [1.54, 1.807) is 26.0 Å². The van der Waals surface area contributed by atoms with Gasteiger partial charge in [0.15, 0.2) is 0 Å². The van der Waals surface area contributed by atoms with Gasteiger partial charge in [-0.1, -0.05) is 18.2 Å². The largest absolute Gasteiger partial charge is 0.273 e. The van der Waals surface area contributed by atoms with Crippen molar-refractivity contribution in [1.82, 2.24) is 9.03 Å². The Bertz CT molecular complexity index is 749. The molecule has 124 valence electrons. The monoisotopic (exact) mass is 348 g/mol. The molecule has 0 aliphatic rings.